The molecule has 0 aromatic carbocycles. The van der Waals surface area contributed by atoms with E-state index >= 15 is 0 Å². The highest BCUT2D eigenvalue weighted by Gasteiger charge is 2.31. The second-order valence-electron chi connectivity index (χ2n) is 5.28. The van der Waals surface area contributed by atoms with Crippen LogP contribution in [-0.2, 0) is 0 Å². The standard InChI is InChI=1S/C12H23FN2/c13-11-6-2-1-5-10(11)9-15-8-4-3-7-12(15)14/h10-12H,1-9,14H2/p+1. The van der Waals surface area contributed by atoms with Crippen LogP contribution < -0.4 is 10.6 Å². The maximum atomic E-state index is 13.7. The van der Waals surface area contributed by atoms with Gasteiger partial charge in [-0.2, -0.15) is 0 Å². The van der Waals surface area contributed by atoms with Gasteiger partial charge in [-0.15, -0.1) is 0 Å². The van der Waals surface area contributed by atoms with Gasteiger partial charge in [-0.1, -0.05) is 12.8 Å². The lowest BCUT2D eigenvalue weighted by molar-refractivity contribution is -0.934. The number of halogens is 1. The van der Waals surface area contributed by atoms with Crippen LogP contribution in [0.15, 0.2) is 0 Å². The second-order valence-corrected chi connectivity index (χ2v) is 5.28. The van der Waals surface area contributed by atoms with Crippen molar-refractivity contribution in [2.75, 3.05) is 13.1 Å². The Bertz CT molecular complexity index is 178. The van der Waals surface area contributed by atoms with Gasteiger partial charge in [0.25, 0.3) is 0 Å². The monoisotopic (exact) mass is 215 g/mol. The molecule has 0 aromatic rings. The smallest absolute Gasteiger partial charge is 0.138 e. The summed E-state index contributed by atoms with van der Waals surface area (Å²) in [4.78, 5) is 1.45. The van der Waals surface area contributed by atoms with Crippen molar-refractivity contribution in [3.05, 3.63) is 0 Å². The van der Waals surface area contributed by atoms with Crippen LogP contribution in [-0.4, -0.2) is 25.4 Å². The summed E-state index contributed by atoms with van der Waals surface area (Å²) in [6.07, 6.45) is 7.53. The third-order valence-corrected chi connectivity index (χ3v) is 4.13. The Morgan fingerprint density at radius 1 is 1.07 bits per heavy atom. The Hall–Kier alpha value is -0.150. The molecule has 3 heteroatoms. The SMILES string of the molecule is NC1CCCC[NH+]1CC1CCCCC1F. The predicted octanol–water partition coefficient (Wildman–Crippen LogP) is 0.868. The molecular weight excluding hydrogens is 191 g/mol. The maximum absolute atomic E-state index is 13.7. The molecule has 15 heavy (non-hydrogen) atoms. The van der Waals surface area contributed by atoms with E-state index in [4.69, 9.17) is 5.73 Å². The normalized spacial score (nSPS) is 42.8. The first-order chi connectivity index (χ1) is 7.27. The molecule has 0 spiro atoms. The fraction of sp³-hybridized carbons (Fsp3) is 1.00. The third kappa shape index (κ3) is 2.91. The Labute approximate surface area is 92.0 Å². The van der Waals surface area contributed by atoms with Crippen LogP contribution in [0.25, 0.3) is 0 Å². The van der Waals surface area contributed by atoms with E-state index < -0.39 is 6.17 Å². The van der Waals surface area contributed by atoms with E-state index in [0.29, 0.717) is 0 Å². The van der Waals surface area contributed by atoms with Crippen molar-refractivity contribution in [1.82, 2.24) is 0 Å². The summed E-state index contributed by atoms with van der Waals surface area (Å²) in [6.45, 7) is 2.13. The van der Waals surface area contributed by atoms with Gasteiger partial charge in [-0.05, 0) is 25.7 Å². The largest absolute Gasteiger partial charge is 0.320 e. The average Bonchev–Trinajstić information content (AvgIpc) is 2.24. The molecule has 1 heterocycles. The molecule has 2 aliphatic rings. The zero-order chi connectivity index (χ0) is 10.7. The molecule has 2 nitrogen and oxygen atoms in total. The minimum absolute atomic E-state index is 0.271. The van der Waals surface area contributed by atoms with E-state index in [1.807, 2.05) is 0 Å². The molecule has 4 unspecified atom stereocenters. The quantitative estimate of drug-likeness (QED) is 0.703. The van der Waals surface area contributed by atoms with Crippen molar-refractivity contribution in [3.8, 4) is 0 Å². The minimum atomic E-state index is -0.555. The first kappa shape index (κ1) is 11.3. The molecule has 1 saturated carbocycles. The van der Waals surface area contributed by atoms with Gasteiger partial charge < -0.3 is 4.90 Å². The molecule has 4 atom stereocenters. The number of hydrogen-bond donors (Lipinski definition) is 2. The van der Waals surface area contributed by atoms with Crippen molar-refractivity contribution in [2.24, 2.45) is 11.7 Å². The molecule has 0 radical (unpaired) electrons. The number of rotatable bonds is 2. The molecule has 88 valence electrons. The summed E-state index contributed by atoms with van der Waals surface area (Å²) < 4.78 is 13.7. The summed E-state index contributed by atoms with van der Waals surface area (Å²) >= 11 is 0. The van der Waals surface area contributed by atoms with Gasteiger partial charge in [-0.3, -0.25) is 5.73 Å². The van der Waals surface area contributed by atoms with Crippen LogP contribution in [0.5, 0.6) is 0 Å². The van der Waals surface area contributed by atoms with E-state index in [0.717, 1.165) is 38.8 Å². The lowest BCUT2D eigenvalue weighted by Gasteiger charge is -2.34. The topological polar surface area (TPSA) is 30.5 Å². The number of nitrogens with one attached hydrogen (secondary N) is 1. The number of hydrogen-bond acceptors (Lipinski definition) is 1. The number of quaternary nitrogens is 1. The molecular formula is C12H24FN2+. The zero-order valence-corrected chi connectivity index (χ0v) is 9.55. The van der Waals surface area contributed by atoms with Gasteiger partial charge in [0.15, 0.2) is 0 Å². The third-order valence-electron chi connectivity index (χ3n) is 4.13. The Morgan fingerprint density at radius 3 is 2.53 bits per heavy atom. The molecule has 1 aliphatic heterocycles. The Balaban J connectivity index is 1.83. The summed E-state index contributed by atoms with van der Waals surface area (Å²) in [5.41, 5.74) is 6.08. The summed E-state index contributed by atoms with van der Waals surface area (Å²) in [5.74, 6) is 0.290. The second kappa shape index (κ2) is 5.26. The van der Waals surface area contributed by atoms with Crippen molar-refractivity contribution in [3.63, 3.8) is 0 Å². The zero-order valence-electron chi connectivity index (χ0n) is 9.55. The van der Waals surface area contributed by atoms with Gasteiger partial charge in [0.05, 0.1) is 13.1 Å². The van der Waals surface area contributed by atoms with Gasteiger partial charge >= 0.3 is 0 Å². The molecule has 2 fully saturated rings. The van der Waals surface area contributed by atoms with Crippen LogP contribution in [0.1, 0.15) is 44.9 Å². The molecule has 0 bridgehead atoms. The number of piperidine rings is 1. The molecule has 2 rings (SSSR count). The Kier molecular flexibility index (Phi) is 3.98. The highest BCUT2D eigenvalue weighted by atomic mass is 19.1. The number of alkyl halides is 1. The lowest BCUT2D eigenvalue weighted by atomic mass is 9.86. The van der Waals surface area contributed by atoms with Gasteiger partial charge in [0.1, 0.15) is 12.3 Å². The minimum Gasteiger partial charge on any atom is -0.320 e. The van der Waals surface area contributed by atoms with E-state index in [2.05, 4.69) is 0 Å². The summed E-state index contributed by atoms with van der Waals surface area (Å²) in [7, 11) is 0. The van der Waals surface area contributed by atoms with Gasteiger partial charge in [0.2, 0.25) is 0 Å². The first-order valence-electron chi connectivity index (χ1n) is 6.51. The fourth-order valence-corrected chi connectivity index (χ4v) is 3.09. The van der Waals surface area contributed by atoms with Crippen LogP contribution in [0, 0.1) is 5.92 Å². The molecule has 0 aromatic heterocycles. The maximum Gasteiger partial charge on any atom is 0.138 e. The highest BCUT2D eigenvalue weighted by molar-refractivity contribution is 4.74. The predicted molar refractivity (Wildman–Crippen MR) is 59.4 cm³/mol. The summed E-state index contributed by atoms with van der Waals surface area (Å²) in [5, 5.41) is 0. The molecule has 0 amide bonds. The van der Waals surface area contributed by atoms with Crippen molar-refractivity contribution in [1.29, 1.82) is 0 Å². The van der Waals surface area contributed by atoms with E-state index in [9.17, 15) is 4.39 Å². The first-order valence-corrected chi connectivity index (χ1v) is 6.51. The van der Waals surface area contributed by atoms with Crippen LogP contribution in [0.3, 0.4) is 0 Å². The van der Waals surface area contributed by atoms with Crippen molar-refractivity contribution >= 4 is 0 Å². The van der Waals surface area contributed by atoms with E-state index in [1.54, 1.807) is 0 Å². The number of likely N-dealkylation sites (tertiary alicyclic amines) is 1. The van der Waals surface area contributed by atoms with Crippen LogP contribution >= 0.6 is 0 Å². The highest BCUT2D eigenvalue weighted by Crippen LogP contribution is 2.25. The molecule has 1 aliphatic carbocycles. The molecule has 3 N–H and O–H groups in total. The Morgan fingerprint density at radius 2 is 1.80 bits per heavy atom. The molecule has 1 saturated heterocycles. The lowest BCUT2D eigenvalue weighted by Crippen LogP contribution is -3.18. The number of nitrogens with two attached hydrogens (primary N) is 1. The van der Waals surface area contributed by atoms with Gasteiger partial charge in [-0.25, -0.2) is 4.39 Å². The van der Waals surface area contributed by atoms with Gasteiger partial charge in [0, 0.05) is 12.3 Å². The van der Waals surface area contributed by atoms with E-state index in [-0.39, 0.29) is 12.1 Å². The summed E-state index contributed by atoms with van der Waals surface area (Å²) in [6, 6.07) is 0. The van der Waals surface area contributed by atoms with E-state index in [1.165, 1.54) is 24.2 Å². The van der Waals surface area contributed by atoms with Crippen molar-refractivity contribution < 1.29 is 9.29 Å². The fourth-order valence-electron chi connectivity index (χ4n) is 3.09. The average molecular weight is 215 g/mol. The van der Waals surface area contributed by atoms with Crippen molar-refractivity contribution in [2.45, 2.75) is 57.3 Å². The van der Waals surface area contributed by atoms with Crippen LogP contribution in [0.2, 0.25) is 0 Å². The van der Waals surface area contributed by atoms with Crippen LogP contribution in [0.4, 0.5) is 4.39 Å².